The number of hydrogen-bond donors (Lipinski definition) is 2. The zero-order valence-corrected chi connectivity index (χ0v) is 14.9. The minimum atomic E-state index is -0.203. The quantitative estimate of drug-likeness (QED) is 0.436. The number of halogens is 1. The number of nitrogens with zero attached hydrogens (tertiary/aromatic N) is 2. The molecule has 24 heavy (non-hydrogen) atoms. The van der Waals surface area contributed by atoms with Gasteiger partial charge in [0.05, 0.1) is 0 Å². The fourth-order valence-electron chi connectivity index (χ4n) is 3.08. The average Bonchev–Trinajstić information content (AvgIpc) is 2.61. The summed E-state index contributed by atoms with van der Waals surface area (Å²) in [5.41, 5.74) is 0.916. The van der Waals surface area contributed by atoms with Gasteiger partial charge >= 0.3 is 0 Å². The summed E-state index contributed by atoms with van der Waals surface area (Å²) in [5.74, 6) is 0.571. The number of rotatable bonds is 8. The second-order valence-corrected chi connectivity index (χ2v) is 6.45. The lowest BCUT2D eigenvalue weighted by Gasteiger charge is -2.26. The Labute approximate surface area is 145 Å². The molecule has 1 aromatic carbocycles. The molecule has 2 rings (SSSR count). The largest absolute Gasteiger partial charge is 0.356 e. The van der Waals surface area contributed by atoms with Crippen LogP contribution < -0.4 is 10.6 Å². The average molecular weight is 334 g/mol. The first-order chi connectivity index (χ1) is 11.8. The van der Waals surface area contributed by atoms with Crippen LogP contribution in [-0.4, -0.2) is 44.1 Å². The lowest BCUT2D eigenvalue weighted by Crippen LogP contribution is -2.37. The van der Waals surface area contributed by atoms with Crippen molar-refractivity contribution in [2.45, 2.75) is 45.1 Å². The number of guanidine groups is 1. The minimum Gasteiger partial charge on any atom is -0.356 e. The van der Waals surface area contributed by atoms with Crippen LogP contribution in [0.1, 0.15) is 44.1 Å². The molecule has 4 nitrogen and oxygen atoms in total. The highest BCUT2D eigenvalue weighted by molar-refractivity contribution is 5.79. The fourth-order valence-corrected chi connectivity index (χ4v) is 3.08. The third-order valence-corrected chi connectivity index (χ3v) is 4.46. The van der Waals surface area contributed by atoms with E-state index < -0.39 is 0 Å². The van der Waals surface area contributed by atoms with E-state index in [0.717, 1.165) is 24.5 Å². The van der Waals surface area contributed by atoms with Gasteiger partial charge in [0.2, 0.25) is 0 Å². The summed E-state index contributed by atoms with van der Waals surface area (Å²) in [6.45, 7) is 5.31. The lowest BCUT2D eigenvalue weighted by atomic mass is 10.1. The van der Waals surface area contributed by atoms with Crippen LogP contribution in [0.15, 0.2) is 29.3 Å². The molecule has 0 atom stereocenters. The van der Waals surface area contributed by atoms with Crippen LogP contribution in [0.25, 0.3) is 0 Å². The summed E-state index contributed by atoms with van der Waals surface area (Å²) in [7, 11) is 1.76. The summed E-state index contributed by atoms with van der Waals surface area (Å²) < 4.78 is 13.2. The van der Waals surface area contributed by atoms with Crippen LogP contribution in [0.5, 0.6) is 0 Å². The summed E-state index contributed by atoms with van der Waals surface area (Å²) in [6, 6.07) is 6.64. The summed E-state index contributed by atoms with van der Waals surface area (Å²) in [4.78, 5) is 6.80. The van der Waals surface area contributed by atoms with E-state index in [9.17, 15) is 4.39 Å². The maximum atomic E-state index is 13.2. The molecule has 134 valence electrons. The van der Waals surface area contributed by atoms with E-state index in [1.807, 2.05) is 6.07 Å². The standard InChI is InChI=1S/C19H31FN4/c1-21-19(23-16-17-9-8-10-18(20)15-17)22-11-4-2-5-12-24-13-6-3-7-14-24/h8-10,15H,2-7,11-14,16H2,1H3,(H2,21,22,23). The van der Waals surface area contributed by atoms with Crippen molar-refractivity contribution < 1.29 is 4.39 Å². The van der Waals surface area contributed by atoms with Crippen molar-refractivity contribution in [2.24, 2.45) is 4.99 Å². The van der Waals surface area contributed by atoms with Crippen LogP contribution >= 0.6 is 0 Å². The normalized spacial score (nSPS) is 16.2. The SMILES string of the molecule is CN=C(NCCCCCN1CCCCC1)NCc1cccc(F)c1. The van der Waals surface area contributed by atoms with Crippen LogP contribution in [0.2, 0.25) is 0 Å². The van der Waals surface area contributed by atoms with E-state index in [1.54, 1.807) is 19.2 Å². The van der Waals surface area contributed by atoms with Crippen molar-refractivity contribution in [3.8, 4) is 0 Å². The van der Waals surface area contributed by atoms with Crippen molar-refractivity contribution in [1.29, 1.82) is 0 Å². The molecule has 0 saturated carbocycles. The van der Waals surface area contributed by atoms with Crippen LogP contribution in [0.3, 0.4) is 0 Å². The van der Waals surface area contributed by atoms with Crippen LogP contribution in [0, 0.1) is 5.82 Å². The molecular weight excluding hydrogens is 303 g/mol. The first-order valence-corrected chi connectivity index (χ1v) is 9.19. The second-order valence-electron chi connectivity index (χ2n) is 6.45. The smallest absolute Gasteiger partial charge is 0.191 e. The molecular formula is C19H31FN4. The Morgan fingerprint density at radius 1 is 1.12 bits per heavy atom. The molecule has 1 heterocycles. The number of aliphatic imine (C=N–C) groups is 1. The maximum Gasteiger partial charge on any atom is 0.191 e. The molecule has 0 bridgehead atoms. The molecule has 5 heteroatoms. The highest BCUT2D eigenvalue weighted by atomic mass is 19.1. The zero-order chi connectivity index (χ0) is 17.0. The highest BCUT2D eigenvalue weighted by Gasteiger charge is 2.08. The lowest BCUT2D eigenvalue weighted by molar-refractivity contribution is 0.224. The molecule has 0 unspecified atom stereocenters. The van der Waals surface area contributed by atoms with Gasteiger partial charge in [-0.1, -0.05) is 25.0 Å². The molecule has 2 N–H and O–H groups in total. The van der Waals surface area contributed by atoms with Crippen molar-refractivity contribution >= 4 is 5.96 Å². The van der Waals surface area contributed by atoms with Crippen LogP contribution in [-0.2, 0) is 6.54 Å². The fraction of sp³-hybridized carbons (Fsp3) is 0.632. The van der Waals surface area contributed by atoms with Gasteiger partial charge in [0.15, 0.2) is 5.96 Å². The molecule has 0 spiro atoms. The summed E-state index contributed by atoms with van der Waals surface area (Å²) in [6.07, 6.45) is 7.81. The minimum absolute atomic E-state index is 0.203. The van der Waals surface area contributed by atoms with Gasteiger partial charge in [-0.05, 0) is 63.0 Å². The van der Waals surface area contributed by atoms with Crippen LogP contribution in [0.4, 0.5) is 4.39 Å². The molecule has 1 aliphatic heterocycles. The molecule has 1 fully saturated rings. The Morgan fingerprint density at radius 2 is 1.96 bits per heavy atom. The van der Waals surface area contributed by atoms with Crippen molar-refractivity contribution in [1.82, 2.24) is 15.5 Å². The van der Waals surface area contributed by atoms with E-state index in [2.05, 4.69) is 20.5 Å². The molecule has 1 aliphatic rings. The number of unbranched alkanes of at least 4 members (excludes halogenated alkanes) is 2. The van der Waals surface area contributed by atoms with Gasteiger partial charge in [-0.15, -0.1) is 0 Å². The van der Waals surface area contributed by atoms with Gasteiger partial charge in [0.25, 0.3) is 0 Å². The summed E-state index contributed by atoms with van der Waals surface area (Å²) in [5, 5.41) is 6.54. The molecule has 0 radical (unpaired) electrons. The number of hydrogen-bond acceptors (Lipinski definition) is 2. The Kier molecular flexibility index (Phi) is 8.60. The first-order valence-electron chi connectivity index (χ1n) is 9.19. The zero-order valence-electron chi connectivity index (χ0n) is 14.9. The monoisotopic (exact) mass is 334 g/mol. The number of piperidine rings is 1. The van der Waals surface area contributed by atoms with E-state index in [0.29, 0.717) is 6.54 Å². The topological polar surface area (TPSA) is 39.7 Å². The Morgan fingerprint density at radius 3 is 2.71 bits per heavy atom. The molecule has 0 amide bonds. The third-order valence-electron chi connectivity index (χ3n) is 4.46. The second kappa shape index (κ2) is 11.0. The van der Waals surface area contributed by atoms with Crippen molar-refractivity contribution in [3.63, 3.8) is 0 Å². The Balaban J connectivity index is 1.53. The molecule has 0 aromatic heterocycles. The van der Waals surface area contributed by atoms with Gasteiger partial charge in [0, 0.05) is 20.1 Å². The highest BCUT2D eigenvalue weighted by Crippen LogP contribution is 2.09. The van der Waals surface area contributed by atoms with Gasteiger partial charge in [-0.25, -0.2) is 4.39 Å². The third kappa shape index (κ3) is 7.30. The molecule has 1 aromatic rings. The van der Waals surface area contributed by atoms with Gasteiger partial charge in [-0.2, -0.15) is 0 Å². The molecule has 1 saturated heterocycles. The Hall–Kier alpha value is -1.62. The van der Waals surface area contributed by atoms with Gasteiger partial charge in [-0.3, -0.25) is 4.99 Å². The predicted octanol–water partition coefficient (Wildman–Crippen LogP) is 3.15. The number of nitrogens with one attached hydrogen (secondary N) is 2. The summed E-state index contributed by atoms with van der Waals surface area (Å²) >= 11 is 0. The maximum absolute atomic E-state index is 13.2. The molecule has 0 aliphatic carbocycles. The van der Waals surface area contributed by atoms with E-state index in [-0.39, 0.29) is 5.82 Å². The van der Waals surface area contributed by atoms with Crippen molar-refractivity contribution in [2.75, 3.05) is 33.2 Å². The van der Waals surface area contributed by atoms with Gasteiger partial charge in [0.1, 0.15) is 5.82 Å². The first kappa shape index (κ1) is 18.7. The van der Waals surface area contributed by atoms with E-state index in [1.165, 1.54) is 57.8 Å². The predicted molar refractivity (Wildman–Crippen MR) is 98.7 cm³/mol. The van der Waals surface area contributed by atoms with E-state index >= 15 is 0 Å². The van der Waals surface area contributed by atoms with Crippen molar-refractivity contribution in [3.05, 3.63) is 35.6 Å². The van der Waals surface area contributed by atoms with Gasteiger partial charge < -0.3 is 15.5 Å². The number of likely N-dealkylation sites (tertiary alicyclic amines) is 1. The van der Waals surface area contributed by atoms with E-state index in [4.69, 9.17) is 0 Å². The Bertz CT molecular complexity index is 498. The number of benzene rings is 1.